The maximum atomic E-state index is 12.3. The van der Waals surface area contributed by atoms with Gasteiger partial charge in [-0.3, -0.25) is 8.74 Å². The predicted molar refractivity (Wildman–Crippen MR) is 119 cm³/mol. The fourth-order valence-corrected chi connectivity index (χ4v) is 4.99. The van der Waals surface area contributed by atoms with Gasteiger partial charge in [0.1, 0.15) is 4.90 Å². The number of nitrogen functional groups attached to an aromatic ring is 1. The average molecular weight is 516 g/mol. The molecule has 0 radical (unpaired) electrons. The maximum absolute atomic E-state index is 12.3. The van der Waals surface area contributed by atoms with Crippen LogP contribution in [0.5, 0.6) is 0 Å². The second-order valence-electron chi connectivity index (χ2n) is 6.37. The minimum absolute atomic E-state index is 0.0325. The van der Waals surface area contributed by atoms with Crippen LogP contribution in [0.15, 0.2) is 74.6 Å². The predicted octanol–water partition coefficient (Wildman–Crippen LogP) is 3.86. The molecule has 176 valence electrons. The maximum Gasteiger partial charge on any atom is 0.295 e. The summed E-state index contributed by atoms with van der Waals surface area (Å²) in [6.45, 7) is -0.215. The van der Waals surface area contributed by atoms with Gasteiger partial charge in [-0.05, 0) is 42.5 Å². The monoisotopic (exact) mass is 515 g/mol. The molecule has 0 saturated heterocycles. The van der Waals surface area contributed by atoms with Crippen molar-refractivity contribution < 1.29 is 40.2 Å². The number of nitrogens with zero attached hydrogens (tertiary/aromatic N) is 2. The molecule has 0 fully saturated rings. The summed E-state index contributed by atoms with van der Waals surface area (Å²) in [7, 11) is -8.16. The van der Waals surface area contributed by atoms with Gasteiger partial charge in [0.05, 0.1) is 28.6 Å². The summed E-state index contributed by atoms with van der Waals surface area (Å²) in [5.74, 6) is -0.344. The van der Waals surface area contributed by atoms with Gasteiger partial charge in [-0.25, -0.2) is 13.7 Å². The van der Waals surface area contributed by atoms with Gasteiger partial charge in [0.25, 0.3) is 10.1 Å². The molecule has 15 heteroatoms. The molecule has 4 N–H and O–H groups in total. The lowest BCUT2D eigenvalue weighted by Crippen LogP contribution is -2.10. The molecule has 0 aliphatic carbocycles. The van der Waals surface area contributed by atoms with E-state index in [-0.39, 0.29) is 45.5 Å². The summed E-state index contributed by atoms with van der Waals surface area (Å²) in [6.07, 6.45) is 0. The number of azo groups is 1. The lowest BCUT2D eigenvalue weighted by atomic mass is 10.1. The summed E-state index contributed by atoms with van der Waals surface area (Å²) >= 11 is 0.281. The van der Waals surface area contributed by atoms with Gasteiger partial charge in [0.2, 0.25) is 0 Å². The van der Waals surface area contributed by atoms with E-state index in [1.165, 1.54) is 48.5 Å². The number of hydrogen-bond acceptors (Lipinski definition) is 12. The Morgan fingerprint density at radius 1 is 0.970 bits per heavy atom. The Balaban J connectivity index is 1.82. The van der Waals surface area contributed by atoms with Gasteiger partial charge in [-0.1, -0.05) is 17.2 Å². The van der Waals surface area contributed by atoms with Gasteiger partial charge in [-0.15, -0.1) is 9.45 Å². The number of fused-ring (bicyclic) bond motifs is 1. The molecule has 3 aromatic carbocycles. The van der Waals surface area contributed by atoms with E-state index in [1.54, 1.807) is 6.07 Å². The first kappa shape index (κ1) is 25.0. The first-order valence-electron chi connectivity index (χ1n) is 8.93. The number of benzene rings is 3. The standard InChI is InChI=1S/C18H17N3O9S3/c19-15-8-9-16(14-2-1-3-17(18(14)15)33(25,26)27)21-20-12-4-6-13(7-5-12)32(23,24)11-10-28-31-30-29-22/h1-9,22H,10-11,19H2,(H,25,26,27). The van der Waals surface area contributed by atoms with E-state index in [0.717, 1.165) is 0 Å². The summed E-state index contributed by atoms with van der Waals surface area (Å²) in [5.41, 5.74) is 6.68. The van der Waals surface area contributed by atoms with E-state index in [9.17, 15) is 21.4 Å². The molecule has 0 atom stereocenters. The second-order valence-corrected chi connectivity index (χ2v) is 10.4. The van der Waals surface area contributed by atoms with Crippen molar-refractivity contribution in [1.82, 2.24) is 0 Å². The molecule has 0 bridgehead atoms. The van der Waals surface area contributed by atoms with Crippen LogP contribution in [0.4, 0.5) is 17.1 Å². The van der Waals surface area contributed by atoms with E-state index in [0.29, 0.717) is 16.8 Å². The van der Waals surface area contributed by atoms with Crippen LogP contribution in [-0.4, -0.2) is 39.0 Å². The lowest BCUT2D eigenvalue weighted by Gasteiger charge is -2.08. The number of anilines is 1. The number of nitrogens with two attached hydrogens (primary N) is 1. The molecule has 3 rings (SSSR count). The van der Waals surface area contributed by atoms with E-state index in [4.69, 9.17) is 15.2 Å². The Bertz CT molecular complexity index is 1380. The van der Waals surface area contributed by atoms with Crippen LogP contribution >= 0.6 is 12.3 Å². The van der Waals surface area contributed by atoms with Gasteiger partial charge in [0.15, 0.2) is 22.2 Å². The number of rotatable bonds is 10. The number of sulfone groups is 1. The highest BCUT2D eigenvalue weighted by atomic mass is 32.2. The molecule has 0 unspecified atom stereocenters. The smallest absolute Gasteiger partial charge is 0.295 e. The Kier molecular flexibility index (Phi) is 7.98. The van der Waals surface area contributed by atoms with Crippen molar-refractivity contribution in [2.45, 2.75) is 9.79 Å². The zero-order valence-corrected chi connectivity index (χ0v) is 19.0. The van der Waals surface area contributed by atoms with Crippen molar-refractivity contribution in [3.63, 3.8) is 0 Å². The first-order valence-corrected chi connectivity index (χ1v) is 12.7. The molecule has 0 aromatic heterocycles. The summed E-state index contributed by atoms with van der Waals surface area (Å²) in [4.78, 5) is -0.313. The van der Waals surface area contributed by atoms with E-state index < -0.39 is 20.0 Å². The molecule has 3 aromatic rings. The van der Waals surface area contributed by atoms with Crippen LogP contribution in [-0.2, 0) is 33.5 Å². The van der Waals surface area contributed by atoms with Gasteiger partial charge in [-0.2, -0.15) is 13.5 Å². The zero-order chi connectivity index (χ0) is 24.1. The molecule has 0 heterocycles. The van der Waals surface area contributed by atoms with Crippen LogP contribution < -0.4 is 5.73 Å². The quantitative estimate of drug-likeness (QED) is 0.0676. The fraction of sp³-hybridized carbons (Fsp3) is 0.111. The van der Waals surface area contributed by atoms with E-state index in [1.807, 2.05) is 0 Å². The third-order valence-electron chi connectivity index (χ3n) is 4.30. The van der Waals surface area contributed by atoms with Crippen LogP contribution in [0, 0.1) is 0 Å². The Labute approximate surface area is 192 Å². The Hall–Kier alpha value is -2.63. The average Bonchev–Trinajstić information content (AvgIpc) is 2.78. The molecule has 12 nitrogen and oxygen atoms in total. The van der Waals surface area contributed by atoms with Gasteiger partial charge in [0, 0.05) is 16.5 Å². The van der Waals surface area contributed by atoms with Crippen molar-refractivity contribution in [2.75, 3.05) is 18.1 Å². The van der Waals surface area contributed by atoms with Crippen LogP contribution in [0.3, 0.4) is 0 Å². The van der Waals surface area contributed by atoms with Crippen molar-refractivity contribution in [1.29, 1.82) is 0 Å². The summed E-state index contributed by atoms with van der Waals surface area (Å²) in [5, 5.41) is 19.9. The van der Waals surface area contributed by atoms with Crippen molar-refractivity contribution >= 4 is 60.1 Å². The first-order chi connectivity index (χ1) is 15.6. The largest absolute Gasteiger partial charge is 0.398 e. The van der Waals surface area contributed by atoms with Crippen LogP contribution in [0.2, 0.25) is 0 Å². The molecule has 33 heavy (non-hydrogen) atoms. The highest BCUT2D eigenvalue weighted by Crippen LogP contribution is 2.35. The molecule has 0 aliphatic rings. The zero-order valence-electron chi connectivity index (χ0n) is 16.6. The minimum atomic E-state index is -4.51. The topological polar surface area (TPSA) is 187 Å². The SMILES string of the molecule is Nc1ccc(N=Nc2ccc(S(=O)(=O)CCOSOOO)cc2)c2cccc(S(=O)(=O)O)c12. The summed E-state index contributed by atoms with van der Waals surface area (Å²) in [6, 6.07) is 12.8. The highest BCUT2D eigenvalue weighted by Gasteiger charge is 2.18. The van der Waals surface area contributed by atoms with Gasteiger partial charge >= 0.3 is 0 Å². The van der Waals surface area contributed by atoms with E-state index in [2.05, 4.69) is 19.6 Å². The fourth-order valence-electron chi connectivity index (χ4n) is 2.85. The van der Waals surface area contributed by atoms with Crippen molar-refractivity contribution in [3.05, 3.63) is 54.6 Å². The van der Waals surface area contributed by atoms with Crippen LogP contribution in [0.1, 0.15) is 0 Å². The minimum Gasteiger partial charge on any atom is -0.398 e. The lowest BCUT2D eigenvalue weighted by molar-refractivity contribution is -0.434. The van der Waals surface area contributed by atoms with Crippen molar-refractivity contribution in [3.8, 4) is 0 Å². The molecule has 0 saturated carbocycles. The van der Waals surface area contributed by atoms with Crippen LogP contribution in [0.25, 0.3) is 10.8 Å². The third kappa shape index (κ3) is 6.24. The molecule has 0 aliphatic heterocycles. The van der Waals surface area contributed by atoms with Gasteiger partial charge < -0.3 is 5.73 Å². The van der Waals surface area contributed by atoms with E-state index >= 15 is 0 Å². The molecule has 0 spiro atoms. The molecule has 0 amide bonds. The molecular weight excluding hydrogens is 498 g/mol. The normalized spacial score (nSPS) is 12.5. The Morgan fingerprint density at radius 2 is 1.70 bits per heavy atom. The second kappa shape index (κ2) is 10.5. The summed E-state index contributed by atoms with van der Waals surface area (Å²) < 4.78 is 66.2. The molecular formula is C18H17N3O9S3. The Morgan fingerprint density at radius 3 is 2.36 bits per heavy atom. The van der Waals surface area contributed by atoms with Crippen molar-refractivity contribution in [2.24, 2.45) is 10.2 Å². The highest BCUT2D eigenvalue weighted by molar-refractivity contribution is 7.91. The third-order valence-corrected chi connectivity index (χ3v) is 7.27. The number of hydrogen-bond donors (Lipinski definition) is 3.